The largest absolute Gasteiger partial charge is 0.452 e. The molecular formula is C15H10F2N2O4S. The number of alkyl halides is 2. The average molecular weight is 352 g/mol. The summed E-state index contributed by atoms with van der Waals surface area (Å²) in [5.41, 5.74) is 1.00. The highest BCUT2D eigenvalue weighted by Crippen LogP contribution is 2.19. The fourth-order valence-electron chi connectivity index (χ4n) is 1.81. The second-order valence-corrected chi connectivity index (χ2v) is 5.28. The molecule has 0 amide bonds. The Morgan fingerprint density at radius 3 is 2.71 bits per heavy atom. The van der Waals surface area contributed by atoms with Crippen LogP contribution in [0, 0.1) is 0 Å². The Kier molecular flexibility index (Phi) is 4.80. The Balaban J connectivity index is 1.57. The van der Waals surface area contributed by atoms with E-state index in [2.05, 4.69) is 14.9 Å². The number of benzene rings is 1. The Hall–Kier alpha value is -2.81. The fraction of sp³-hybridized carbons (Fsp3) is 0.133. The molecule has 0 fully saturated rings. The number of carbonyl (C=O) groups is 1. The van der Waals surface area contributed by atoms with Crippen molar-refractivity contribution in [2.45, 2.75) is 13.2 Å². The molecule has 24 heavy (non-hydrogen) atoms. The lowest BCUT2D eigenvalue weighted by molar-refractivity contribution is -0.0498. The van der Waals surface area contributed by atoms with Crippen molar-refractivity contribution in [2.24, 2.45) is 0 Å². The maximum absolute atomic E-state index is 12.1. The third-order valence-electron chi connectivity index (χ3n) is 2.89. The van der Waals surface area contributed by atoms with Crippen molar-refractivity contribution in [3.05, 3.63) is 52.5 Å². The standard InChI is InChI=1S/C15H10F2N2O4S/c16-15(17)22-11-3-1-9(2-4-11)14(20)21-7-12-18-13(19-23-12)10-5-6-24-8-10/h1-6,8,15H,7H2. The number of thiophene rings is 1. The summed E-state index contributed by atoms with van der Waals surface area (Å²) in [6.07, 6.45) is 0. The number of hydrogen-bond donors (Lipinski definition) is 0. The molecule has 124 valence electrons. The molecule has 0 N–H and O–H groups in total. The molecule has 2 heterocycles. The van der Waals surface area contributed by atoms with Crippen LogP contribution in [0.4, 0.5) is 8.78 Å². The molecule has 0 spiro atoms. The number of carbonyl (C=O) groups excluding carboxylic acids is 1. The molecule has 0 radical (unpaired) electrons. The van der Waals surface area contributed by atoms with Gasteiger partial charge in [0.15, 0.2) is 6.61 Å². The van der Waals surface area contributed by atoms with Crippen LogP contribution in [0.25, 0.3) is 11.4 Å². The average Bonchev–Trinajstić information content (AvgIpc) is 3.24. The van der Waals surface area contributed by atoms with Crippen molar-refractivity contribution in [1.29, 1.82) is 0 Å². The van der Waals surface area contributed by atoms with Crippen LogP contribution in [-0.2, 0) is 11.3 Å². The van der Waals surface area contributed by atoms with Gasteiger partial charge in [0.2, 0.25) is 5.82 Å². The van der Waals surface area contributed by atoms with Crippen LogP contribution in [0.1, 0.15) is 16.2 Å². The Morgan fingerprint density at radius 1 is 1.25 bits per heavy atom. The summed E-state index contributed by atoms with van der Waals surface area (Å²) in [5.74, 6) is -0.120. The van der Waals surface area contributed by atoms with E-state index in [4.69, 9.17) is 9.26 Å². The predicted molar refractivity (Wildman–Crippen MR) is 79.8 cm³/mol. The molecule has 9 heteroatoms. The maximum Gasteiger partial charge on any atom is 0.387 e. The second kappa shape index (κ2) is 7.18. The molecule has 0 aliphatic heterocycles. The summed E-state index contributed by atoms with van der Waals surface area (Å²) in [7, 11) is 0. The Labute approximate surface area is 138 Å². The van der Waals surface area contributed by atoms with Crippen molar-refractivity contribution in [1.82, 2.24) is 10.1 Å². The van der Waals surface area contributed by atoms with Gasteiger partial charge in [-0.25, -0.2) is 4.79 Å². The lowest BCUT2D eigenvalue weighted by Crippen LogP contribution is -2.06. The van der Waals surface area contributed by atoms with Crippen LogP contribution in [0.2, 0.25) is 0 Å². The predicted octanol–water partition coefficient (Wildman–Crippen LogP) is 3.76. The summed E-state index contributed by atoms with van der Waals surface area (Å²) >= 11 is 1.50. The molecule has 3 aromatic rings. The minimum absolute atomic E-state index is 0.0427. The SMILES string of the molecule is O=C(OCc1nc(-c2ccsc2)no1)c1ccc(OC(F)F)cc1. The van der Waals surface area contributed by atoms with Gasteiger partial charge in [0.25, 0.3) is 5.89 Å². The van der Waals surface area contributed by atoms with Crippen LogP contribution in [0.15, 0.2) is 45.6 Å². The highest BCUT2D eigenvalue weighted by atomic mass is 32.1. The van der Waals surface area contributed by atoms with E-state index in [0.717, 1.165) is 5.56 Å². The molecule has 0 aliphatic rings. The Bertz CT molecular complexity index is 803. The smallest absolute Gasteiger partial charge is 0.387 e. The van der Waals surface area contributed by atoms with Crippen molar-refractivity contribution in [2.75, 3.05) is 0 Å². The van der Waals surface area contributed by atoms with Gasteiger partial charge < -0.3 is 14.0 Å². The molecule has 3 rings (SSSR count). The normalized spacial score (nSPS) is 10.8. The van der Waals surface area contributed by atoms with Gasteiger partial charge in [-0.3, -0.25) is 0 Å². The van der Waals surface area contributed by atoms with Crippen LogP contribution in [0.5, 0.6) is 5.75 Å². The van der Waals surface area contributed by atoms with Crippen molar-refractivity contribution < 1.29 is 27.6 Å². The first kappa shape index (κ1) is 16.1. The topological polar surface area (TPSA) is 74.5 Å². The van der Waals surface area contributed by atoms with E-state index in [0.29, 0.717) is 5.82 Å². The lowest BCUT2D eigenvalue weighted by Gasteiger charge is -2.05. The van der Waals surface area contributed by atoms with Crippen molar-refractivity contribution >= 4 is 17.3 Å². The minimum atomic E-state index is -2.92. The second-order valence-electron chi connectivity index (χ2n) is 4.50. The first-order valence-corrected chi connectivity index (χ1v) is 7.63. The van der Waals surface area contributed by atoms with Gasteiger partial charge in [0.1, 0.15) is 5.75 Å². The van der Waals surface area contributed by atoms with E-state index in [9.17, 15) is 13.6 Å². The molecular weight excluding hydrogens is 342 g/mol. The third kappa shape index (κ3) is 3.93. The van der Waals surface area contributed by atoms with Gasteiger partial charge in [0, 0.05) is 10.9 Å². The molecule has 2 aromatic heterocycles. The molecule has 6 nitrogen and oxygen atoms in total. The van der Waals surface area contributed by atoms with Gasteiger partial charge in [-0.2, -0.15) is 25.1 Å². The summed E-state index contributed by atoms with van der Waals surface area (Å²) < 4.78 is 38.4. The molecule has 0 aliphatic carbocycles. The molecule has 0 saturated heterocycles. The van der Waals surface area contributed by atoms with Crippen LogP contribution in [-0.4, -0.2) is 22.7 Å². The summed E-state index contributed by atoms with van der Waals surface area (Å²) in [6.45, 7) is -3.11. The first-order chi connectivity index (χ1) is 11.6. The number of hydrogen-bond acceptors (Lipinski definition) is 7. The molecule has 0 bridgehead atoms. The number of esters is 1. The van der Waals surface area contributed by atoms with E-state index in [1.807, 2.05) is 16.8 Å². The minimum Gasteiger partial charge on any atom is -0.452 e. The van der Waals surface area contributed by atoms with Gasteiger partial charge in [-0.15, -0.1) is 0 Å². The summed E-state index contributed by atoms with van der Waals surface area (Å²) in [5, 5.41) is 7.54. The van der Waals surface area contributed by atoms with E-state index in [-0.39, 0.29) is 23.8 Å². The van der Waals surface area contributed by atoms with E-state index in [1.54, 1.807) is 0 Å². The number of aromatic nitrogens is 2. The number of ether oxygens (including phenoxy) is 2. The van der Waals surface area contributed by atoms with Gasteiger partial charge in [0.05, 0.1) is 5.56 Å². The van der Waals surface area contributed by atoms with Gasteiger partial charge in [-0.05, 0) is 35.7 Å². The monoisotopic (exact) mass is 352 g/mol. The molecule has 0 saturated carbocycles. The maximum atomic E-state index is 12.1. The number of halogens is 2. The highest BCUT2D eigenvalue weighted by molar-refractivity contribution is 7.08. The molecule has 0 unspecified atom stereocenters. The quantitative estimate of drug-likeness (QED) is 0.629. The lowest BCUT2D eigenvalue weighted by atomic mass is 10.2. The van der Waals surface area contributed by atoms with Crippen LogP contribution >= 0.6 is 11.3 Å². The van der Waals surface area contributed by atoms with Gasteiger partial charge in [-0.1, -0.05) is 5.16 Å². The van der Waals surface area contributed by atoms with E-state index < -0.39 is 12.6 Å². The zero-order chi connectivity index (χ0) is 16.9. The first-order valence-electron chi connectivity index (χ1n) is 6.69. The third-order valence-corrected chi connectivity index (χ3v) is 3.57. The van der Waals surface area contributed by atoms with Crippen molar-refractivity contribution in [3.8, 4) is 17.1 Å². The fourth-order valence-corrected chi connectivity index (χ4v) is 2.44. The molecule has 1 aromatic carbocycles. The number of rotatable bonds is 6. The van der Waals surface area contributed by atoms with Crippen LogP contribution < -0.4 is 4.74 Å². The van der Waals surface area contributed by atoms with Crippen molar-refractivity contribution in [3.63, 3.8) is 0 Å². The zero-order valence-electron chi connectivity index (χ0n) is 12.0. The highest BCUT2D eigenvalue weighted by Gasteiger charge is 2.13. The zero-order valence-corrected chi connectivity index (χ0v) is 12.8. The van der Waals surface area contributed by atoms with Crippen LogP contribution in [0.3, 0.4) is 0 Å². The molecule has 0 atom stereocenters. The summed E-state index contributed by atoms with van der Waals surface area (Å²) in [6, 6.07) is 7.00. The van der Waals surface area contributed by atoms with E-state index in [1.165, 1.54) is 35.6 Å². The van der Waals surface area contributed by atoms with E-state index >= 15 is 0 Å². The Morgan fingerprint density at radius 2 is 2.04 bits per heavy atom. The summed E-state index contributed by atoms with van der Waals surface area (Å²) in [4.78, 5) is 16.0. The van der Waals surface area contributed by atoms with Gasteiger partial charge >= 0.3 is 12.6 Å². The number of nitrogens with zero attached hydrogens (tertiary/aromatic N) is 2.